The first-order valence-corrected chi connectivity index (χ1v) is 5.07. The maximum absolute atomic E-state index is 10.6. The molecule has 0 bridgehead atoms. The molecule has 0 aliphatic heterocycles. The van der Waals surface area contributed by atoms with E-state index in [1.54, 1.807) is 6.07 Å². The van der Waals surface area contributed by atoms with Gasteiger partial charge in [0.15, 0.2) is 5.88 Å². The van der Waals surface area contributed by atoms with E-state index in [1.807, 2.05) is 14.1 Å². The molecule has 0 amide bonds. The number of carbonyl (C=O) groups is 1. The first-order chi connectivity index (χ1) is 7.33. The van der Waals surface area contributed by atoms with Crippen LogP contribution >= 0.6 is 0 Å². The molecular formula is C11H18N2O3. The highest BCUT2D eigenvalue weighted by Gasteiger charge is 2.20. The first kappa shape index (κ1) is 12.6. The minimum atomic E-state index is -1.06. The lowest BCUT2D eigenvalue weighted by Crippen LogP contribution is -2.44. The molecule has 1 rings (SSSR count). The summed E-state index contributed by atoms with van der Waals surface area (Å²) >= 11 is 0. The lowest BCUT2D eigenvalue weighted by Gasteiger charge is -2.32. The van der Waals surface area contributed by atoms with Crippen LogP contribution in [-0.4, -0.2) is 42.2 Å². The van der Waals surface area contributed by atoms with Crippen LogP contribution < -0.4 is 5.32 Å². The number of rotatable bonds is 5. The summed E-state index contributed by atoms with van der Waals surface area (Å²) in [6.07, 6.45) is 0. The molecule has 16 heavy (non-hydrogen) atoms. The van der Waals surface area contributed by atoms with Gasteiger partial charge in [-0.3, -0.25) is 0 Å². The van der Waals surface area contributed by atoms with Crippen molar-refractivity contribution >= 4 is 11.9 Å². The Morgan fingerprint density at radius 1 is 1.50 bits per heavy atom. The molecule has 1 heterocycles. The smallest absolute Gasteiger partial charge is 0.371 e. The highest BCUT2D eigenvalue weighted by atomic mass is 16.4. The van der Waals surface area contributed by atoms with Gasteiger partial charge in [0.25, 0.3) is 0 Å². The number of nitrogens with zero attached hydrogens (tertiary/aromatic N) is 1. The number of furan rings is 1. The average molecular weight is 226 g/mol. The largest absolute Gasteiger partial charge is 0.475 e. The molecule has 5 heteroatoms. The van der Waals surface area contributed by atoms with Gasteiger partial charge in [0.2, 0.25) is 5.76 Å². The predicted octanol–water partition coefficient (Wildman–Crippen LogP) is 1.73. The molecule has 0 saturated heterocycles. The molecule has 1 aromatic heterocycles. The number of nitrogens with one attached hydrogen (secondary N) is 1. The molecule has 0 aliphatic carbocycles. The number of carboxylic acid groups (broad SMARTS) is 1. The lowest BCUT2D eigenvalue weighted by molar-refractivity contribution is 0.0663. The molecule has 0 aliphatic rings. The fraction of sp³-hybridized carbons (Fsp3) is 0.545. The lowest BCUT2D eigenvalue weighted by atomic mass is 10.0. The molecule has 0 fully saturated rings. The summed E-state index contributed by atoms with van der Waals surface area (Å²) in [5.41, 5.74) is -0.0316. The highest BCUT2D eigenvalue weighted by Crippen LogP contribution is 2.16. The molecule has 0 unspecified atom stereocenters. The third kappa shape index (κ3) is 3.00. The quantitative estimate of drug-likeness (QED) is 0.800. The van der Waals surface area contributed by atoms with Gasteiger partial charge >= 0.3 is 5.97 Å². The fourth-order valence-corrected chi connectivity index (χ4v) is 1.01. The van der Waals surface area contributed by atoms with Crippen molar-refractivity contribution in [1.29, 1.82) is 0 Å². The van der Waals surface area contributed by atoms with Crippen LogP contribution in [0.15, 0.2) is 16.5 Å². The Kier molecular flexibility index (Phi) is 3.59. The number of carboxylic acids is 1. The van der Waals surface area contributed by atoms with Gasteiger partial charge in [-0.2, -0.15) is 0 Å². The van der Waals surface area contributed by atoms with Crippen molar-refractivity contribution in [2.75, 3.05) is 26.0 Å². The van der Waals surface area contributed by atoms with Crippen LogP contribution in [0.2, 0.25) is 0 Å². The van der Waals surface area contributed by atoms with E-state index in [0.717, 1.165) is 0 Å². The Hall–Kier alpha value is -1.49. The van der Waals surface area contributed by atoms with Gasteiger partial charge in [0, 0.05) is 18.2 Å². The van der Waals surface area contributed by atoms with Gasteiger partial charge in [-0.05, 0) is 34.0 Å². The van der Waals surface area contributed by atoms with Gasteiger partial charge in [-0.1, -0.05) is 0 Å². The second kappa shape index (κ2) is 4.57. The summed E-state index contributed by atoms with van der Waals surface area (Å²) in [7, 11) is 3.99. The third-order valence-corrected chi connectivity index (χ3v) is 2.72. The summed E-state index contributed by atoms with van der Waals surface area (Å²) in [5.74, 6) is -0.627. The molecular weight excluding hydrogens is 208 g/mol. The van der Waals surface area contributed by atoms with Crippen molar-refractivity contribution in [2.24, 2.45) is 0 Å². The zero-order chi connectivity index (χ0) is 12.3. The number of hydrogen-bond donors (Lipinski definition) is 2. The van der Waals surface area contributed by atoms with E-state index in [-0.39, 0.29) is 11.3 Å². The molecule has 0 radical (unpaired) electrons. The Bertz CT molecular complexity index is 369. The zero-order valence-corrected chi connectivity index (χ0v) is 10.1. The maximum atomic E-state index is 10.6. The molecule has 1 aromatic rings. The molecule has 0 aromatic carbocycles. The van der Waals surface area contributed by atoms with E-state index in [9.17, 15) is 4.79 Å². The van der Waals surface area contributed by atoms with Crippen molar-refractivity contribution in [1.82, 2.24) is 4.90 Å². The summed E-state index contributed by atoms with van der Waals surface area (Å²) < 4.78 is 5.09. The summed E-state index contributed by atoms with van der Waals surface area (Å²) in [6, 6.07) is 3.06. The van der Waals surface area contributed by atoms with Crippen LogP contribution in [0.3, 0.4) is 0 Å². The topological polar surface area (TPSA) is 65.7 Å². The van der Waals surface area contributed by atoms with Gasteiger partial charge in [0.1, 0.15) is 0 Å². The number of likely N-dealkylation sites (N-methyl/N-ethyl adjacent to an activating group) is 1. The molecule has 90 valence electrons. The molecule has 2 N–H and O–H groups in total. The van der Waals surface area contributed by atoms with Crippen LogP contribution in [-0.2, 0) is 0 Å². The fourth-order valence-electron chi connectivity index (χ4n) is 1.01. The van der Waals surface area contributed by atoms with Crippen LogP contribution in [0.4, 0.5) is 5.88 Å². The SMILES string of the molecule is CN(C)C(C)(C)CNc1ccc(C(=O)O)o1. The van der Waals surface area contributed by atoms with Crippen molar-refractivity contribution in [3.05, 3.63) is 17.9 Å². The molecule has 0 saturated carbocycles. The minimum Gasteiger partial charge on any atom is -0.475 e. The number of hydrogen-bond acceptors (Lipinski definition) is 4. The zero-order valence-electron chi connectivity index (χ0n) is 10.1. The Balaban J connectivity index is 2.58. The van der Waals surface area contributed by atoms with Crippen LogP contribution in [0.25, 0.3) is 0 Å². The average Bonchev–Trinajstić information content (AvgIpc) is 2.63. The Morgan fingerprint density at radius 3 is 2.56 bits per heavy atom. The Labute approximate surface area is 95.0 Å². The second-order valence-corrected chi connectivity index (χ2v) is 4.53. The molecule has 0 spiro atoms. The van der Waals surface area contributed by atoms with Gasteiger partial charge in [-0.25, -0.2) is 4.79 Å². The maximum Gasteiger partial charge on any atom is 0.371 e. The van der Waals surface area contributed by atoms with Gasteiger partial charge < -0.3 is 19.7 Å². The van der Waals surface area contributed by atoms with E-state index in [0.29, 0.717) is 12.4 Å². The van der Waals surface area contributed by atoms with Crippen LogP contribution in [0, 0.1) is 0 Å². The summed E-state index contributed by atoms with van der Waals surface area (Å²) in [6.45, 7) is 4.84. The standard InChI is InChI=1S/C11H18N2O3/c1-11(2,13(3)4)7-12-9-6-5-8(16-9)10(14)15/h5-6,12H,7H2,1-4H3,(H,14,15). The number of aromatic carboxylic acids is 1. The van der Waals surface area contributed by atoms with Crippen molar-refractivity contribution in [3.8, 4) is 0 Å². The van der Waals surface area contributed by atoms with Crippen molar-refractivity contribution in [2.45, 2.75) is 19.4 Å². The monoisotopic (exact) mass is 226 g/mol. The first-order valence-electron chi connectivity index (χ1n) is 5.07. The normalized spacial score (nSPS) is 11.8. The van der Waals surface area contributed by atoms with Crippen molar-refractivity contribution < 1.29 is 14.3 Å². The van der Waals surface area contributed by atoms with Crippen LogP contribution in [0.1, 0.15) is 24.4 Å². The van der Waals surface area contributed by atoms with Crippen LogP contribution in [0.5, 0.6) is 0 Å². The van der Waals surface area contributed by atoms with E-state index < -0.39 is 5.97 Å². The van der Waals surface area contributed by atoms with E-state index in [1.165, 1.54) is 6.07 Å². The van der Waals surface area contributed by atoms with Gasteiger partial charge in [-0.15, -0.1) is 0 Å². The van der Waals surface area contributed by atoms with Gasteiger partial charge in [0.05, 0.1) is 0 Å². The molecule has 5 nitrogen and oxygen atoms in total. The van der Waals surface area contributed by atoms with E-state index in [4.69, 9.17) is 9.52 Å². The Morgan fingerprint density at radius 2 is 2.12 bits per heavy atom. The molecule has 0 atom stereocenters. The van der Waals surface area contributed by atoms with Crippen molar-refractivity contribution in [3.63, 3.8) is 0 Å². The summed E-state index contributed by atoms with van der Waals surface area (Å²) in [5, 5.41) is 11.8. The minimum absolute atomic E-state index is 0.0316. The predicted molar refractivity (Wildman–Crippen MR) is 61.9 cm³/mol. The third-order valence-electron chi connectivity index (χ3n) is 2.72. The van der Waals surface area contributed by atoms with E-state index >= 15 is 0 Å². The van der Waals surface area contributed by atoms with E-state index in [2.05, 4.69) is 24.1 Å². The highest BCUT2D eigenvalue weighted by molar-refractivity contribution is 5.84. The summed E-state index contributed by atoms with van der Waals surface area (Å²) in [4.78, 5) is 12.7. The number of anilines is 1. The second-order valence-electron chi connectivity index (χ2n) is 4.53.